The third kappa shape index (κ3) is 4.34. The number of amides is 1. The van der Waals surface area contributed by atoms with E-state index in [0.29, 0.717) is 5.92 Å². The quantitative estimate of drug-likeness (QED) is 0.625. The van der Waals surface area contributed by atoms with Crippen LogP contribution in [0.3, 0.4) is 0 Å². The van der Waals surface area contributed by atoms with E-state index < -0.39 is 0 Å². The number of primary amides is 1. The summed E-state index contributed by atoms with van der Waals surface area (Å²) in [7, 11) is 0. The van der Waals surface area contributed by atoms with Crippen molar-refractivity contribution in [3.63, 3.8) is 0 Å². The van der Waals surface area contributed by atoms with E-state index in [1.165, 1.54) is 0 Å². The van der Waals surface area contributed by atoms with Gasteiger partial charge in [0.2, 0.25) is 5.91 Å². The summed E-state index contributed by atoms with van der Waals surface area (Å²) in [6, 6.07) is -0.154. The molecule has 0 aromatic rings. The largest absolute Gasteiger partial charge is 0.368 e. The molecule has 1 unspecified atom stereocenters. The fourth-order valence-electron chi connectivity index (χ4n) is 0.934. The zero-order valence-corrected chi connectivity index (χ0v) is 8.26. The van der Waals surface area contributed by atoms with Gasteiger partial charge in [0.1, 0.15) is 0 Å². The summed E-state index contributed by atoms with van der Waals surface area (Å²) in [5, 5.41) is 3.14. The average molecular weight is 172 g/mol. The third-order valence-electron chi connectivity index (χ3n) is 2.16. The Morgan fingerprint density at radius 1 is 1.42 bits per heavy atom. The van der Waals surface area contributed by atoms with Crippen LogP contribution in [0.1, 0.15) is 33.6 Å². The van der Waals surface area contributed by atoms with Crippen LogP contribution in [-0.4, -0.2) is 18.5 Å². The van der Waals surface area contributed by atoms with Crippen LogP contribution in [0.5, 0.6) is 0 Å². The fourth-order valence-corrected chi connectivity index (χ4v) is 0.934. The molecule has 0 aromatic carbocycles. The van der Waals surface area contributed by atoms with Gasteiger partial charge in [0.15, 0.2) is 0 Å². The molecule has 0 bridgehead atoms. The van der Waals surface area contributed by atoms with E-state index in [2.05, 4.69) is 19.2 Å². The van der Waals surface area contributed by atoms with E-state index in [4.69, 9.17) is 5.73 Å². The maximum Gasteiger partial charge on any atom is 0.234 e. The molecule has 3 heteroatoms. The van der Waals surface area contributed by atoms with Crippen LogP contribution in [0, 0.1) is 5.92 Å². The van der Waals surface area contributed by atoms with Gasteiger partial charge in [0, 0.05) is 0 Å². The Kier molecular flexibility index (Phi) is 5.72. The first-order valence-corrected chi connectivity index (χ1v) is 4.64. The maximum absolute atomic E-state index is 10.8. The lowest BCUT2D eigenvalue weighted by Gasteiger charge is -2.15. The zero-order valence-electron chi connectivity index (χ0n) is 8.26. The first-order valence-electron chi connectivity index (χ1n) is 4.64. The Bertz CT molecular complexity index is 136. The molecule has 2 atom stereocenters. The van der Waals surface area contributed by atoms with E-state index >= 15 is 0 Å². The number of nitrogens with one attached hydrogen (secondary N) is 1. The number of carbonyl (C=O) groups is 1. The first kappa shape index (κ1) is 11.4. The predicted molar refractivity (Wildman–Crippen MR) is 50.7 cm³/mol. The lowest BCUT2D eigenvalue weighted by atomic mass is 10.1. The Hall–Kier alpha value is -0.570. The minimum atomic E-state index is -0.249. The van der Waals surface area contributed by atoms with Crippen LogP contribution in [-0.2, 0) is 4.79 Å². The van der Waals surface area contributed by atoms with Crippen LogP contribution >= 0.6 is 0 Å². The Morgan fingerprint density at radius 2 is 2.00 bits per heavy atom. The van der Waals surface area contributed by atoms with Crippen molar-refractivity contribution < 1.29 is 4.79 Å². The molecule has 0 fully saturated rings. The van der Waals surface area contributed by atoms with Crippen LogP contribution in [0.25, 0.3) is 0 Å². The first-order chi connectivity index (χ1) is 5.61. The highest BCUT2D eigenvalue weighted by Crippen LogP contribution is 1.99. The number of carbonyl (C=O) groups excluding carboxylic acids is 1. The van der Waals surface area contributed by atoms with Crippen molar-refractivity contribution in [3.8, 4) is 0 Å². The van der Waals surface area contributed by atoms with Crippen molar-refractivity contribution in [1.82, 2.24) is 5.32 Å². The molecule has 12 heavy (non-hydrogen) atoms. The van der Waals surface area contributed by atoms with Gasteiger partial charge in [-0.1, -0.05) is 27.2 Å². The fraction of sp³-hybridized carbons (Fsp3) is 0.889. The van der Waals surface area contributed by atoms with Crippen LogP contribution in [0.15, 0.2) is 0 Å². The molecule has 3 nitrogen and oxygen atoms in total. The van der Waals surface area contributed by atoms with Crippen LogP contribution in [0.2, 0.25) is 0 Å². The molecule has 72 valence electrons. The summed E-state index contributed by atoms with van der Waals surface area (Å²) < 4.78 is 0. The summed E-state index contributed by atoms with van der Waals surface area (Å²) >= 11 is 0. The molecule has 0 heterocycles. The Labute approximate surface area is 74.7 Å². The van der Waals surface area contributed by atoms with E-state index in [9.17, 15) is 4.79 Å². The molecule has 1 amide bonds. The van der Waals surface area contributed by atoms with Gasteiger partial charge in [0.25, 0.3) is 0 Å². The molecular weight excluding hydrogens is 152 g/mol. The highest BCUT2D eigenvalue weighted by Gasteiger charge is 2.11. The molecule has 0 aliphatic carbocycles. The number of rotatable bonds is 6. The minimum Gasteiger partial charge on any atom is -0.368 e. The van der Waals surface area contributed by atoms with Crippen molar-refractivity contribution in [2.24, 2.45) is 11.7 Å². The van der Waals surface area contributed by atoms with Crippen molar-refractivity contribution in [3.05, 3.63) is 0 Å². The molecular formula is C9H20N2O. The van der Waals surface area contributed by atoms with E-state index in [1.807, 2.05) is 6.92 Å². The standard InChI is InChI=1S/C9H20N2O/c1-4-7(3)6-11-8(5-2)9(10)12/h7-8,11H,4-6H2,1-3H3,(H2,10,12)/t7?,8-/m0/s1. The second-order valence-electron chi connectivity index (χ2n) is 3.28. The lowest BCUT2D eigenvalue weighted by Crippen LogP contribution is -2.42. The Balaban J connectivity index is 3.65. The van der Waals surface area contributed by atoms with Gasteiger partial charge in [-0.15, -0.1) is 0 Å². The van der Waals surface area contributed by atoms with Crippen LogP contribution in [0.4, 0.5) is 0 Å². The molecule has 0 radical (unpaired) electrons. The number of hydrogen-bond acceptors (Lipinski definition) is 2. The molecule has 0 aliphatic rings. The van der Waals surface area contributed by atoms with Crippen molar-refractivity contribution in [1.29, 1.82) is 0 Å². The summed E-state index contributed by atoms with van der Waals surface area (Å²) in [5.74, 6) is 0.360. The van der Waals surface area contributed by atoms with E-state index in [0.717, 1.165) is 19.4 Å². The molecule has 0 spiro atoms. The summed E-state index contributed by atoms with van der Waals surface area (Å²) in [4.78, 5) is 10.8. The molecule has 0 aliphatic heterocycles. The summed E-state index contributed by atoms with van der Waals surface area (Å²) in [5.41, 5.74) is 5.17. The minimum absolute atomic E-state index is 0.154. The topological polar surface area (TPSA) is 55.1 Å². The number of nitrogens with two attached hydrogens (primary N) is 1. The van der Waals surface area contributed by atoms with Gasteiger partial charge in [-0.05, 0) is 18.9 Å². The Morgan fingerprint density at radius 3 is 2.33 bits per heavy atom. The lowest BCUT2D eigenvalue weighted by molar-refractivity contribution is -0.120. The molecule has 0 saturated carbocycles. The normalized spacial score (nSPS) is 15.6. The predicted octanol–water partition coefficient (Wildman–Crippen LogP) is 0.886. The highest BCUT2D eigenvalue weighted by atomic mass is 16.1. The molecule has 3 N–H and O–H groups in total. The smallest absolute Gasteiger partial charge is 0.234 e. The van der Waals surface area contributed by atoms with Gasteiger partial charge >= 0.3 is 0 Å². The monoisotopic (exact) mass is 172 g/mol. The van der Waals surface area contributed by atoms with Gasteiger partial charge in [-0.2, -0.15) is 0 Å². The SMILES string of the molecule is CCC(C)CN[C@@H](CC)C(N)=O. The van der Waals surface area contributed by atoms with Crippen molar-refractivity contribution >= 4 is 5.91 Å². The molecule has 0 saturated heterocycles. The zero-order chi connectivity index (χ0) is 9.56. The van der Waals surface area contributed by atoms with Gasteiger partial charge in [0.05, 0.1) is 6.04 Å². The summed E-state index contributed by atoms with van der Waals surface area (Å²) in [6.07, 6.45) is 1.90. The highest BCUT2D eigenvalue weighted by molar-refractivity contribution is 5.79. The number of hydrogen-bond donors (Lipinski definition) is 2. The maximum atomic E-state index is 10.8. The third-order valence-corrected chi connectivity index (χ3v) is 2.16. The van der Waals surface area contributed by atoms with Gasteiger partial charge in [-0.3, -0.25) is 4.79 Å². The second-order valence-corrected chi connectivity index (χ2v) is 3.28. The van der Waals surface area contributed by atoms with Crippen molar-refractivity contribution in [2.45, 2.75) is 39.7 Å². The van der Waals surface area contributed by atoms with E-state index in [1.54, 1.807) is 0 Å². The van der Waals surface area contributed by atoms with Crippen LogP contribution < -0.4 is 11.1 Å². The van der Waals surface area contributed by atoms with E-state index in [-0.39, 0.29) is 11.9 Å². The average Bonchev–Trinajstić information content (AvgIpc) is 2.04. The molecule has 0 aromatic heterocycles. The van der Waals surface area contributed by atoms with Gasteiger partial charge < -0.3 is 11.1 Å². The van der Waals surface area contributed by atoms with Crippen molar-refractivity contribution in [2.75, 3.05) is 6.54 Å². The summed E-state index contributed by atoms with van der Waals surface area (Å²) in [6.45, 7) is 7.12. The van der Waals surface area contributed by atoms with Gasteiger partial charge in [-0.25, -0.2) is 0 Å². The molecule has 0 rings (SSSR count). The second kappa shape index (κ2) is 6.00.